The van der Waals surface area contributed by atoms with Crippen LogP contribution in [0.2, 0.25) is 0 Å². The van der Waals surface area contributed by atoms with Crippen molar-refractivity contribution < 1.29 is 9.84 Å². The molecule has 0 amide bonds. The third-order valence-corrected chi connectivity index (χ3v) is 5.54. The number of methoxy groups -OCH3 is 1. The van der Waals surface area contributed by atoms with E-state index in [9.17, 15) is 5.11 Å². The first-order valence-electron chi connectivity index (χ1n) is 10.1. The molecule has 5 heteroatoms. The minimum Gasteiger partial charge on any atom is -0.497 e. The summed E-state index contributed by atoms with van der Waals surface area (Å²) in [5, 5.41) is 17.0. The van der Waals surface area contributed by atoms with E-state index in [1.54, 1.807) is 7.11 Å². The average molecular weight is 382 g/mol. The number of aliphatic imine (C=N–C) groups is 1. The fraction of sp³-hybridized carbons (Fsp3) is 0.435. The molecule has 1 fully saturated rings. The van der Waals surface area contributed by atoms with Gasteiger partial charge in [0.05, 0.1) is 19.8 Å². The third-order valence-electron chi connectivity index (χ3n) is 5.54. The van der Waals surface area contributed by atoms with E-state index in [0.717, 1.165) is 30.4 Å². The maximum atomic E-state index is 10.5. The molecule has 0 saturated heterocycles. The van der Waals surface area contributed by atoms with Crippen LogP contribution in [0.4, 0.5) is 0 Å². The van der Waals surface area contributed by atoms with Crippen molar-refractivity contribution in [2.24, 2.45) is 4.99 Å². The van der Waals surface area contributed by atoms with E-state index in [1.165, 1.54) is 24.8 Å². The van der Waals surface area contributed by atoms with Gasteiger partial charge >= 0.3 is 0 Å². The predicted octanol–water partition coefficient (Wildman–Crippen LogP) is 3.41. The first-order chi connectivity index (χ1) is 13.7. The Balaban J connectivity index is 1.62. The molecular weight excluding hydrogens is 350 g/mol. The summed E-state index contributed by atoms with van der Waals surface area (Å²) < 4.78 is 5.17. The van der Waals surface area contributed by atoms with Crippen molar-refractivity contribution in [3.63, 3.8) is 0 Å². The number of hydrogen-bond acceptors (Lipinski definition) is 3. The van der Waals surface area contributed by atoms with E-state index >= 15 is 0 Å². The Kier molecular flexibility index (Phi) is 6.93. The second-order valence-corrected chi connectivity index (χ2v) is 7.36. The molecular formula is C23H31N3O2. The Morgan fingerprint density at radius 1 is 1.11 bits per heavy atom. The number of aliphatic hydroxyl groups excluding tert-OH is 1. The van der Waals surface area contributed by atoms with Crippen LogP contribution in [-0.4, -0.2) is 37.8 Å². The molecule has 1 aliphatic carbocycles. The molecule has 1 aliphatic rings. The zero-order valence-corrected chi connectivity index (χ0v) is 16.8. The van der Waals surface area contributed by atoms with Gasteiger partial charge in [0, 0.05) is 18.5 Å². The number of rotatable bonds is 8. The van der Waals surface area contributed by atoms with Crippen molar-refractivity contribution in [3.05, 3.63) is 65.7 Å². The Morgan fingerprint density at radius 2 is 1.82 bits per heavy atom. The largest absolute Gasteiger partial charge is 0.497 e. The van der Waals surface area contributed by atoms with E-state index in [1.807, 2.05) is 31.2 Å². The first kappa shape index (κ1) is 20.2. The maximum absolute atomic E-state index is 10.5. The summed E-state index contributed by atoms with van der Waals surface area (Å²) in [7, 11) is 1.64. The molecule has 2 aromatic rings. The van der Waals surface area contributed by atoms with E-state index in [0.29, 0.717) is 6.54 Å². The van der Waals surface area contributed by atoms with Crippen LogP contribution in [-0.2, 0) is 5.41 Å². The summed E-state index contributed by atoms with van der Waals surface area (Å²) >= 11 is 0. The fourth-order valence-corrected chi connectivity index (χ4v) is 3.64. The summed E-state index contributed by atoms with van der Waals surface area (Å²) in [5.74, 6) is 1.53. The summed E-state index contributed by atoms with van der Waals surface area (Å²) in [6, 6.07) is 18.2. The van der Waals surface area contributed by atoms with Crippen molar-refractivity contribution in [1.29, 1.82) is 0 Å². The quantitative estimate of drug-likeness (QED) is 0.484. The van der Waals surface area contributed by atoms with Crippen molar-refractivity contribution in [2.75, 3.05) is 26.7 Å². The molecule has 2 aromatic carbocycles. The maximum Gasteiger partial charge on any atom is 0.191 e. The molecule has 0 heterocycles. The summed E-state index contributed by atoms with van der Waals surface area (Å²) in [6.07, 6.45) is 2.99. The molecule has 28 heavy (non-hydrogen) atoms. The molecule has 1 saturated carbocycles. The van der Waals surface area contributed by atoms with Crippen LogP contribution in [0.1, 0.15) is 43.4 Å². The number of hydrogen-bond donors (Lipinski definition) is 3. The van der Waals surface area contributed by atoms with E-state index in [-0.39, 0.29) is 5.41 Å². The molecule has 0 spiro atoms. The molecule has 1 atom stereocenters. The average Bonchev–Trinajstić information content (AvgIpc) is 2.71. The van der Waals surface area contributed by atoms with Crippen molar-refractivity contribution in [1.82, 2.24) is 10.6 Å². The predicted molar refractivity (Wildman–Crippen MR) is 114 cm³/mol. The van der Waals surface area contributed by atoms with Gasteiger partial charge in [0.15, 0.2) is 5.96 Å². The van der Waals surface area contributed by atoms with Gasteiger partial charge in [0.1, 0.15) is 5.75 Å². The highest BCUT2D eigenvalue weighted by molar-refractivity contribution is 5.79. The lowest BCUT2D eigenvalue weighted by atomic mass is 9.64. The zero-order valence-electron chi connectivity index (χ0n) is 16.8. The summed E-state index contributed by atoms with van der Waals surface area (Å²) in [5.41, 5.74) is 2.38. The smallest absolute Gasteiger partial charge is 0.191 e. The molecule has 0 aliphatic heterocycles. The standard InChI is InChI=1S/C23H31N3O2/c1-3-24-22(25-16-21(27)18-10-12-20(28-2)13-11-18)26-17-23(14-7-15-23)19-8-5-4-6-9-19/h4-6,8-13,21,27H,3,7,14-17H2,1-2H3,(H2,24,25,26). The van der Waals surface area contributed by atoms with Crippen LogP contribution in [0.3, 0.4) is 0 Å². The topological polar surface area (TPSA) is 65.9 Å². The van der Waals surface area contributed by atoms with Gasteiger partial charge < -0.3 is 20.5 Å². The van der Waals surface area contributed by atoms with Gasteiger partial charge in [0.25, 0.3) is 0 Å². The number of guanidine groups is 1. The second-order valence-electron chi connectivity index (χ2n) is 7.36. The van der Waals surface area contributed by atoms with E-state index in [2.05, 4.69) is 41.0 Å². The highest BCUT2D eigenvalue weighted by Crippen LogP contribution is 2.43. The zero-order chi connectivity index (χ0) is 19.8. The molecule has 150 valence electrons. The summed E-state index contributed by atoms with van der Waals surface area (Å²) in [6.45, 7) is 3.98. The van der Waals surface area contributed by atoms with Crippen LogP contribution in [0.25, 0.3) is 0 Å². The van der Waals surface area contributed by atoms with Gasteiger partial charge in [0.2, 0.25) is 0 Å². The molecule has 1 unspecified atom stereocenters. The van der Waals surface area contributed by atoms with Gasteiger partial charge in [-0.05, 0) is 43.0 Å². The van der Waals surface area contributed by atoms with Crippen LogP contribution >= 0.6 is 0 Å². The van der Waals surface area contributed by atoms with Crippen LogP contribution in [0.15, 0.2) is 59.6 Å². The lowest BCUT2D eigenvalue weighted by molar-refractivity contribution is 0.180. The third kappa shape index (κ3) is 4.84. The van der Waals surface area contributed by atoms with Crippen molar-refractivity contribution in [2.45, 2.75) is 37.7 Å². The molecule has 0 aromatic heterocycles. The lowest BCUT2D eigenvalue weighted by Gasteiger charge is -2.41. The Morgan fingerprint density at radius 3 is 2.39 bits per heavy atom. The fourth-order valence-electron chi connectivity index (χ4n) is 3.64. The normalized spacial score (nSPS) is 16.8. The Bertz CT molecular complexity index is 755. The molecule has 3 rings (SSSR count). The molecule has 0 bridgehead atoms. The molecule has 5 nitrogen and oxygen atoms in total. The number of aliphatic hydroxyl groups is 1. The van der Waals surface area contributed by atoms with Gasteiger partial charge in [-0.3, -0.25) is 4.99 Å². The Labute approximate surface area is 167 Å². The molecule has 3 N–H and O–H groups in total. The van der Waals surface area contributed by atoms with Gasteiger partial charge in [-0.25, -0.2) is 0 Å². The molecule has 0 radical (unpaired) electrons. The Hall–Kier alpha value is -2.53. The van der Waals surface area contributed by atoms with Gasteiger partial charge in [-0.2, -0.15) is 0 Å². The SMILES string of the molecule is CCNC(=NCC1(c2ccccc2)CCC1)NCC(O)c1ccc(OC)cc1. The minimum absolute atomic E-state index is 0.151. The van der Waals surface area contributed by atoms with Gasteiger partial charge in [-0.15, -0.1) is 0 Å². The lowest BCUT2D eigenvalue weighted by Crippen LogP contribution is -2.42. The second kappa shape index (κ2) is 9.60. The monoisotopic (exact) mass is 381 g/mol. The van der Waals surface area contributed by atoms with Crippen LogP contribution in [0.5, 0.6) is 5.75 Å². The van der Waals surface area contributed by atoms with Crippen LogP contribution in [0, 0.1) is 0 Å². The number of nitrogens with zero attached hydrogens (tertiary/aromatic N) is 1. The van der Waals surface area contributed by atoms with Gasteiger partial charge in [-0.1, -0.05) is 48.9 Å². The number of nitrogens with one attached hydrogen (secondary N) is 2. The number of ether oxygens (including phenoxy) is 1. The minimum atomic E-state index is -0.610. The van der Waals surface area contributed by atoms with Crippen molar-refractivity contribution >= 4 is 5.96 Å². The van der Waals surface area contributed by atoms with E-state index < -0.39 is 6.10 Å². The number of benzene rings is 2. The summed E-state index contributed by atoms with van der Waals surface area (Å²) in [4.78, 5) is 4.84. The van der Waals surface area contributed by atoms with E-state index in [4.69, 9.17) is 9.73 Å². The highest BCUT2D eigenvalue weighted by atomic mass is 16.5. The van der Waals surface area contributed by atoms with Crippen LogP contribution < -0.4 is 15.4 Å². The highest BCUT2D eigenvalue weighted by Gasteiger charge is 2.38. The first-order valence-corrected chi connectivity index (χ1v) is 10.1. The van der Waals surface area contributed by atoms with Crippen molar-refractivity contribution in [3.8, 4) is 5.75 Å².